The highest BCUT2D eigenvalue weighted by Gasteiger charge is 2.18. The number of halogens is 1. The van der Waals surface area contributed by atoms with Crippen molar-refractivity contribution in [3.05, 3.63) is 70.4 Å². The molecule has 6 heteroatoms. The molecule has 0 atom stereocenters. The maximum absolute atomic E-state index is 11.9. The van der Waals surface area contributed by atoms with Crippen LogP contribution in [-0.4, -0.2) is 17.6 Å². The van der Waals surface area contributed by atoms with Crippen LogP contribution in [0.3, 0.4) is 0 Å². The number of benzene rings is 2. The van der Waals surface area contributed by atoms with Crippen LogP contribution in [0.1, 0.15) is 28.5 Å². The first-order chi connectivity index (χ1) is 12.6. The summed E-state index contributed by atoms with van der Waals surface area (Å²) in [5.74, 6) is 0.762. The first-order valence-corrected chi connectivity index (χ1v) is 8.68. The number of hydrogen-bond donors (Lipinski definition) is 1. The van der Waals surface area contributed by atoms with Gasteiger partial charge < -0.3 is 14.6 Å². The summed E-state index contributed by atoms with van der Waals surface area (Å²) in [5, 5.41) is 7.11. The van der Waals surface area contributed by atoms with Gasteiger partial charge in [-0.15, -0.1) is 0 Å². The van der Waals surface area contributed by atoms with Gasteiger partial charge in [-0.1, -0.05) is 47.1 Å². The highest BCUT2D eigenvalue weighted by molar-refractivity contribution is 6.31. The Hall–Kier alpha value is -2.79. The largest absolute Gasteiger partial charge is 0.488 e. The van der Waals surface area contributed by atoms with Crippen LogP contribution < -0.4 is 10.1 Å². The molecule has 0 saturated carbocycles. The molecule has 1 aromatic heterocycles. The third kappa shape index (κ3) is 4.06. The zero-order valence-corrected chi connectivity index (χ0v) is 15.3. The van der Waals surface area contributed by atoms with Gasteiger partial charge in [0.1, 0.15) is 12.4 Å². The van der Waals surface area contributed by atoms with Crippen LogP contribution in [0.25, 0.3) is 11.3 Å². The molecular weight excluding hydrogens is 352 g/mol. The Morgan fingerprint density at radius 2 is 2.00 bits per heavy atom. The number of ether oxygens (including phenoxy) is 1. The topological polar surface area (TPSA) is 64.4 Å². The zero-order valence-electron chi connectivity index (χ0n) is 14.6. The first kappa shape index (κ1) is 18.0. The molecule has 0 aliphatic carbocycles. The van der Waals surface area contributed by atoms with Gasteiger partial charge in [0.15, 0.2) is 11.5 Å². The molecule has 3 aromatic rings. The molecule has 0 fully saturated rings. The standard InChI is InChI=1S/C20H19ClN2O3/c1-3-22-20(24)17-11-19(26-23-17)15-10-16(21)13(2)9-18(15)25-12-14-7-5-4-6-8-14/h4-11H,3,12H2,1-2H3,(H,22,24). The van der Waals surface area contributed by atoms with Crippen molar-refractivity contribution < 1.29 is 14.1 Å². The average molecular weight is 371 g/mol. The molecule has 1 heterocycles. The molecule has 5 nitrogen and oxygen atoms in total. The fraction of sp³-hybridized carbons (Fsp3) is 0.200. The van der Waals surface area contributed by atoms with Crippen molar-refractivity contribution in [1.29, 1.82) is 0 Å². The summed E-state index contributed by atoms with van der Waals surface area (Å²) in [7, 11) is 0. The van der Waals surface area contributed by atoms with Crippen LogP contribution in [0, 0.1) is 6.92 Å². The van der Waals surface area contributed by atoms with Crippen LogP contribution in [0.15, 0.2) is 53.1 Å². The smallest absolute Gasteiger partial charge is 0.273 e. The average Bonchev–Trinajstić information content (AvgIpc) is 3.13. The highest BCUT2D eigenvalue weighted by Crippen LogP contribution is 2.35. The van der Waals surface area contributed by atoms with E-state index in [1.165, 1.54) is 0 Å². The number of amides is 1. The molecule has 0 aliphatic heterocycles. The molecule has 3 rings (SSSR count). The summed E-state index contributed by atoms with van der Waals surface area (Å²) < 4.78 is 11.3. The first-order valence-electron chi connectivity index (χ1n) is 8.30. The van der Waals surface area contributed by atoms with Crippen molar-refractivity contribution in [2.45, 2.75) is 20.5 Å². The van der Waals surface area contributed by atoms with Crippen molar-refractivity contribution in [1.82, 2.24) is 10.5 Å². The fourth-order valence-corrected chi connectivity index (χ4v) is 2.63. The van der Waals surface area contributed by atoms with Gasteiger partial charge in [-0.05, 0) is 37.1 Å². The van der Waals surface area contributed by atoms with Gasteiger partial charge in [0, 0.05) is 17.6 Å². The third-order valence-electron chi connectivity index (χ3n) is 3.84. The normalized spacial score (nSPS) is 10.6. The lowest BCUT2D eigenvalue weighted by molar-refractivity contribution is 0.0947. The molecule has 1 N–H and O–H groups in total. The van der Waals surface area contributed by atoms with E-state index in [4.69, 9.17) is 20.9 Å². The predicted molar refractivity (Wildman–Crippen MR) is 100 cm³/mol. The van der Waals surface area contributed by atoms with Crippen LogP contribution in [-0.2, 0) is 6.61 Å². The Morgan fingerprint density at radius 3 is 2.73 bits per heavy atom. The number of carbonyl (C=O) groups is 1. The minimum Gasteiger partial charge on any atom is -0.488 e. The van der Waals surface area contributed by atoms with Crippen LogP contribution >= 0.6 is 11.6 Å². The second-order valence-corrected chi connectivity index (χ2v) is 6.21. The summed E-state index contributed by atoms with van der Waals surface area (Å²) >= 11 is 6.28. The van der Waals surface area contributed by atoms with Gasteiger partial charge >= 0.3 is 0 Å². The van der Waals surface area contributed by atoms with Crippen molar-refractivity contribution in [3.8, 4) is 17.1 Å². The Morgan fingerprint density at radius 1 is 1.23 bits per heavy atom. The lowest BCUT2D eigenvalue weighted by Gasteiger charge is -2.12. The molecule has 0 unspecified atom stereocenters. The lowest BCUT2D eigenvalue weighted by Crippen LogP contribution is -2.22. The molecule has 0 radical (unpaired) electrons. The Kier molecular flexibility index (Phi) is 5.58. The summed E-state index contributed by atoms with van der Waals surface area (Å²) in [5.41, 5.74) is 2.81. The monoisotopic (exact) mass is 370 g/mol. The number of aromatic nitrogens is 1. The van der Waals surface area contributed by atoms with Gasteiger partial charge in [-0.3, -0.25) is 4.79 Å². The lowest BCUT2D eigenvalue weighted by atomic mass is 10.1. The van der Waals surface area contributed by atoms with Crippen molar-refractivity contribution >= 4 is 17.5 Å². The van der Waals surface area contributed by atoms with E-state index in [1.54, 1.807) is 12.1 Å². The quantitative estimate of drug-likeness (QED) is 0.687. The SMILES string of the molecule is CCNC(=O)c1cc(-c2cc(Cl)c(C)cc2OCc2ccccc2)on1. The Bertz CT molecular complexity index is 907. The van der Waals surface area contributed by atoms with E-state index in [0.29, 0.717) is 35.2 Å². The molecule has 134 valence electrons. The number of aryl methyl sites for hydroxylation is 1. The zero-order chi connectivity index (χ0) is 18.5. The third-order valence-corrected chi connectivity index (χ3v) is 4.25. The van der Waals surface area contributed by atoms with E-state index in [1.807, 2.05) is 50.2 Å². The van der Waals surface area contributed by atoms with Crippen molar-refractivity contribution in [2.24, 2.45) is 0 Å². The maximum Gasteiger partial charge on any atom is 0.273 e. The summed E-state index contributed by atoms with van der Waals surface area (Å²) in [6.45, 7) is 4.67. The van der Waals surface area contributed by atoms with Crippen LogP contribution in [0.2, 0.25) is 5.02 Å². The van der Waals surface area contributed by atoms with Crippen LogP contribution in [0.5, 0.6) is 5.75 Å². The van der Waals surface area contributed by atoms with E-state index in [-0.39, 0.29) is 11.6 Å². The number of nitrogens with zero attached hydrogens (tertiary/aromatic N) is 1. The summed E-state index contributed by atoms with van der Waals surface area (Å²) in [4.78, 5) is 11.9. The predicted octanol–water partition coefficient (Wildman–Crippen LogP) is 4.63. The van der Waals surface area contributed by atoms with Crippen molar-refractivity contribution in [3.63, 3.8) is 0 Å². The molecule has 0 aliphatic rings. The van der Waals surface area contributed by atoms with E-state index >= 15 is 0 Å². The van der Waals surface area contributed by atoms with Gasteiger partial charge in [0.05, 0.1) is 5.56 Å². The minimum atomic E-state index is -0.285. The van der Waals surface area contributed by atoms with Crippen molar-refractivity contribution in [2.75, 3.05) is 6.54 Å². The summed E-state index contributed by atoms with van der Waals surface area (Å²) in [6.07, 6.45) is 0. The molecule has 2 aromatic carbocycles. The van der Waals surface area contributed by atoms with E-state index < -0.39 is 0 Å². The number of rotatable bonds is 6. The Labute approximate surface area is 156 Å². The Balaban J connectivity index is 1.90. The van der Waals surface area contributed by atoms with Gasteiger partial charge in [-0.2, -0.15) is 0 Å². The number of hydrogen-bond acceptors (Lipinski definition) is 4. The van der Waals surface area contributed by atoms with Gasteiger partial charge in [0.25, 0.3) is 5.91 Å². The van der Waals surface area contributed by atoms with E-state index in [0.717, 1.165) is 11.1 Å². The number of nitrogens with one attached hydrogen (secondary N) is 1. The molecule has 0 bridgehead atoms. The minimum absolute atomic E-state index is 0.215. The fourth-order valence-electron chi connectivity index (χ4n) is 2.46. The van der Waals surface area contributed by atoms with E-state index in [9.17, 15) is 4.79 Å². The second-order valence-electron chi connectivity index (χ2n) is 5.81. The molecule has 0 spiro atoms. The molecule has 1 amide bonds. The van der Waals surface area contributed by atoms with E-state index in [2.05, 4.69) is 10.5 Å². The summed E-state index contributed by atoms with van der Waals surface area (Å²) in [6, 6.07) is 15.1. The second kappa shape index (κ2) is 8.06. The molecular formula is C20H19ClN2O3. The van der Waals surface area contributed by atoms with Crippen LogP contribution in [0.4, 0.5) is 0 Å². The maximum atomic E-state index is 11.9. The highest BCUT2D eigenvalue weighted by atomic mass is 35.5. The number of carbonyl (C=O) groups excluding carboxylic acids is 1. The van der Waals surface area contributed by atoms with Gasteiger partial charge in [0.2, 0.25) is 0 Å². The molecule has 26 heavy (non-hydrogen) atoms. The molecule has 0 saturated heterocycles. The van der Waals surface area contributed by atoms with Gasteiger partial charge in [-0.25, -0.2) is 0 Å².